The van der Waals surface area contributed by atoms with Gasteiger partial charge in [-0.3, -0.25) is 33.5 Å². The topological polar surface area (TPSA) is 195 Å². The summed E-state index contributed by atoms with van der Waals surface area (Å²) in [5.41, 5.74) is 8.63. The van der Waals surface area contributed by atoms with Crippen LogP contribution in [0.2, 0.25) is 5.02 Å². The lowest BCUT2D eigenvalue weighted by Gasteiger charge is -2.35. The van der Waals surface area contributed by atoms with Gasteiger partial charge in [0.25, 0.3) is 5.91 Å². The molecule has 3 aromatic carbocycles. The third-order valence-electron chi connectivity index (χ3n) is 14.2. The molecule has 3 aromatic heterocycles. The van der Waals surface area contributed by atoms with E-state index in [0.29, 0.717) is 54.0 Å². The first-order chi connectivity index (χ1) is 35.2. The number of aliphatic hydroxyl groups excluding tert-OH is 1. The average Bonchev–Trinajstić information content (AvgIpc) is 4.15. The number of aromatic nitrogens is 4. The van der Waals surface area contributed by atoms with E-state index in [-0.39, 0.29) is 43.7 Å². The Hall–Kier alpha value is -6.60. The number of hydrogen-bond donors (Lipinski definition) is 3. The van der Waals surface area contributed by atoms with Gasteiger partial charge in [-0.1, -0.05) is 80.9 Å². The minimum Gasteiger partial charge on any atom is -0.391 e. The summed E-state index contributed by atoms with van der Waals surface area (Å²) in [5, 5.41) is 27.3. The Kier molecular flexibility index (Phi) is 15.1. The van der Waals surface area contributed by atoms with E-state index in [1.165, 1.54) is 4.90 Å². The molecule has 3 aliphatic rings. The summed E-state index contributed by atoms with van der Waals surface area (Å²) in [7, 11) is 0. The molecular formula is C55H61ClN10O6S2. The van der Waals surface area contributed by atoms with Gasteiger partial charge in [0, 0.05) is 65.7 Å². The van der Waals surface area contributed by atoms with E-state index in [2.05, 4.69) is 39.7 Å². The number of amides is 5. The second-order valence-electron chi connectivity index (χ2n) is 20.5. The van der Waals surface area contributed by atoms with Crippen LogP contribution < -0.4 is 10.6 Å². The van der Waals surface area contributed by atoms with E-state index in [1.807, 2.05) is 100 Å². The molecule has 2 saturated heterocycles. The van der Waals surface area contributed by atoms with Crippen molar-refractivity contribution >= 4 is 69.5 Å². The number of piperazine rings is 1. The second-order valence-corrected chi connectivity index (χ2v) is 23.0. The maximum Gasteiger partial charge on any atom is 0.253 e. The zero-order valence-corrected chi connectivity index (χ0v) is 45.2. The summed E-state index contributed by atoms with van der Waals surface area (Å²) in [6.45, 7) is 16.6. The highest BCUT2D eigenvalue weighted by molar-refractivity contribution is 7.15. The molecule has 19 heteroatoms. The largest absolute Gasteiger partial charge is 0.391 e. The molecule has 0 bridgehead atoms. The highest BCUT2D eigenvalue weighted by atomic mass is 35.5. The van der Waals surface area contributed by atoms with Crippen molar-refractivity contribution in [1.82, 2.24) is 45.1 Å². The highest BCUT2D eigenvalue weighted by Gasteiger charge is 2.45. The molecule has 0 aliphatic carbocycles. The third kappa shape index (κ3) is 10.8. The zero-order valence-electron chi connectivity index (χ0n) is 42.8. The molecule has 0 saturated carbocycles. The second kappa shape index (κ2) is 21.3. The minimum atomic E-state index is -1.02. The number of halogens is 1. The fraction of sp³-hybridized carbons (Fsp3) is 0.400. The number of hydrogen-bond acceptors (Lipinski definition) is 12. The Morgan fingerprint density at radius 1 is 0.878 bits per heavy atom. The molecule has 0 spiro atoms. The number of aliphatic imine (C=N–C) groups is 1. The van der Waals surface area contributed by atoms with Crippen molar-refractivity contribution in [2.24, 2.45) is 10.4 Å². The highest BCUT2D eigenvalue weighted by Crippen LogP contribution is 2.40. The Labute approximate surface area is 443 Å². The van der Waals surface area contributed by atoms with Crippen LogP contribution in [0.15, 0.2) is 83.3 Å². The number of carbonyl (C=O) groups is 5. The molecule has 6 heterocycles. The van der Waals surface area contributed by atoms with E-state index in [1.54, 1.807) is 56.7 Å². The number of fused-ring (bicyclic) bond motifs is 3. The smallest absolute Gasteiger partial charge is 0.253 e. The third-order valence-corrected chi connectivity index (χ3v) is 16.7. The number of β-amino-alcohol motifs (C(OH)–C–C–N with tert-alkyl or cyclic N) is 1. The Bertz CT molecular complexity index is 3150. The van der Waals surface area contributed by atoms with Crippen LogP contribution in [0.3, 0.4) is 0 Å². The van der Waals surface area contributed by atoms with Crippen LogP contribution in [-0.2, 0) is 25.6 Å². The van der Waals surface area contributed by atoms with Crippen molar-refractivity contribution in [3.05, 3.63) is 139 Å². The number of carbonyl (C=O) groups excluding carboxylic acids is 5. The molecule has 9 rings (SSSR count). The summed E-state index contributed by atoms with van der Waals surface area (Å²) in [5.74, 6) is -0.331. The van der Waals surface area contributed by atoms with E-state index in [4.69, 9.17) is 16.6 Å². The van der Waals surface area contributed by atoms with Crippen molar-refractivity contribution in [3.63, 3.8) is 0 Å². The summed E-state index contributed by atoms with van der Waals surface area (Å²) < 4.78 is 2.02. The predicted molar refractivity (Wildman–Crippen MR) is 287 cm³/mol. The molecule has 5 amide bonds. The van der Waals surface area contributed by atoms with Crippen LogP contribution in [0.25, 0.3) is 15.4 Å². The van der Waals surface area contributed by atoms with Gasteiger partial charge < -0.3 is 30.4 Å². The number of thiazole rings is 1. The number of aryl methyl sites for hydroxylation is 3. The van der Waals surface area contributed by atoms with Gasteiger partial charge in [0.15, 0.2) is 5.82 Å². The molecule has 6 aromatic rings. The molecule has 74 heavy (non-hydrogen) atoms. The minimum absolute atomic E-state index is 0.0516. The molecule has 5 atom stereocenters. The van der Waals surface area contributed by atoms with Crippen molar-refractivity contribution in [3.8, 4) is 15.4 Å². The van der Waals surface area contributed by atoms with Crippen LogP contribution in [-0.4, -0.2) is 126 Å². The number of nitrogens with zero attached hydrogens (tertiary/aromatic N) is 8. The predicted octanol–water partition coefficient (Wildman–Crippen LogP) is 7.52. The monoisotopic (exact) mass is 1060 g/mol. The van der Waals surface area contributed by atoms with Gasteiger partial charge in [0.2, 0.25) is 23.6 Å². The van der Waals surface area contributed by atoms with Gasteiger partial charge in [0.05, 0.1) is 46.8 Å². The number of nitrogens with one attached hydrogen (secondary N) is 2. The number of rotatable bonds is 12. The number of likely N-dealkylation sites (tertiary alicyclic amines) is 1. The maximum absolute atomic E-state index is 14.4. The van der Waals surface area contributed by atoms with Crippen molar-refractivity contribution in [1.29, 1.82) is 0 Å². The first-order valence-electron chi connectivity index (χ1n) is 24.9. The van der Waals surface area contributed by atoms with Gasteiger partial charge in [-0.15, -0.1) is 32.9 Å². The first kappa shape index (κ1) is 52.3. The van der Waals surface area contributed by atoms with Crippen LogP contribution in [0, 0.1) is 33.1 Å². The summed E-state index contributed by atoms with van der Waals surface area (Å²) in [4.78, 5) is 86.8. The SMILES string of the molecule is Cc1ncsc1-c1ccc([C@H](C)NC(=O)[C@@H]2C[C@@H](O)CN2C(=O)[C@@H](NC(=O)Cc2cccc(C(=O)N3CCN(C(=O)C[C@@H]4N=C(c5ccc(Cl)cc5)c5c(sc(C)c5C)-n5c(C)nnc54)CC3)c2)C(C)(C)C)cc1. The lowest BCUT2D eigenvalue weighted by Crippen LogP contribution is -2.58. The molecule has 3 aliphatic heterocycles. The molecular weight excluding hydrogens is 996 g/mol. The molecule has 16 nitrogen and oxygen atoms in total. The molecule has 386 valence electrons. The van der Waals surface area contributed by atoms with Gasteiger partial charge >= 0.3 is 0 Å². The van der Waals surface area contributed by atoms with E-state index in [0.717, 1.165) is 54.0 Å². The van der Waals surface area contributed by atoms with Gasteiger partial charge in [0.1, 0.15) is 29.0 Å². The quantitative estimate of drug-likeness (QED) is 0.111. The van der Waals surface area contributed by atoms with Crippen molar-refractivity contribution in [2.45, 2.75) is 105 Å². The molecule has 0 radical (unpaired) electrons. The van der Waals surface area contributed by atoms with Crippen LogP contribution in [0.1, 0.15) is 113 Å². The summed E-state index contributed by atoms with van der Waals surface area (Å²) in [6, 6.07) is 19.4. The first-order valence-corrected chi connectivity index (χ1v) is 26.9. The number of thiophene rings is 1. The van der Waals surface area contributed by atoms with Crippen molar-refractivity contribution < 1.29 is 29.1 Å². The van der Waals surface area contributed by atoms with Crippen LogP contribution >= 0.6 is 34.3 Å². The average molecular weight is 1060 g/mol. The van der Waals surface area contributed by atoms with E-state index < -0.39 is 47.4 Å². The molecule has 0 unspecified atom stereocenters. The fourth-order valence-electron chi connectivity index (χ4n) is 10.00. The fourth-order valence-corrected chi connectivity index (χ4v) is 12.1. The Balaban J connectivity index is 0.815. The lowest BCUT2D eigenvalue weighted by molar-refractivity contribution is -0.144. The Morgan fingerprint density at radius 3 is 2.24 bits per heavy atom. The number of benzene rings is 3. The molecule has 3 N–H and O–H groups in total. The molecule has 2 fully saturated rings. The number of aliphatic hydroxyl groups is 1. The standard InChI is InChI=1S/C55H61ClN10O6S2/c1-30-33(4)74-54-46(30)47(37-16-18-40(56)19-17-37)59-42(50-62-61-34(5)66(50)54)27-45(69)63-20-22-64(23-21-63)52(71)39-11-9-10-35(24-39)25-44(68)60-49(55(6,7)8)53(72)65-28-41(67)26-43(65)51(70)58-31(2)36-12-14-38(15-13-36)48-32(3)57-29-73-48/h9-19,24,29,31,41-43,49,67H,20-23,25-28H2,1-8H3,(H,58,70)(H,60,68)/t31-,41+,42-,43-,49+/m0/s1. The zero-order chi connectivity index (χ0) is 52.7. The summed E-state index contributed by atoms with van der Waals surface area (Å²) in [6.07, 6.45) is -0.908. The van der Waals surface area contributed by atoms with Gasteiger partial charge in [-0.05, 0) is 86.6 Å². The van der Waals surface area contributed by atoms with Gasteiger partial charge in [-0.25, -0.2) is 4.98 Å². The normalized spacial score (nSPS) is 18.5. The van der Waals surface area contributed by atoms with E-state index in [9.17, 15) is 29.1 Å². The van der Waals surface area contributed by atoms with Crippen LogP contribution in [0.4, 0.5) is 0 Å². The van der Waals surface area contributed by atoms with Gasteiger partial charge in [-0.2, -0.15) is 0 Å². The van der Waals surface area contributed by atoms with Crippen LogP contribution in [0.5, 0.6) is 0 Å². The Morgan fingerprint density at radius 2 is 1.57 bits per heavy atom. The maximum atomic E-state index is 14.4. The van der Waals surface area contributed by atoms with Crippen molar-refractivity contribution in [2.75, 3.05) is 32.7 Å². The lowest BCUT2D eigenvalue weighted by atomic mass is 9.85. The summed E-state index contributed by atoms with van der Waals surface area (Å²) >= 11 is 9.51. The van der Waals surface area contributed by atoms with E-state index >= 15 is 0 Å².